The maximum absolute atomic E-state index is 12.6. The van der Waals surface area contributed by atoms with Crippen LogP contribution in [0.1, 0.15) is 44.2 Å². The molecule has 1 aromatic carbocycles. The van der Waals surface area contributed by atoms with Gasteiger partial charge in [0.2, 0.25) is 5.91 Å². The fourth-order valence-electron chi connectivity index (χ4n) is 4.32. The summed E-state index contributed by atoms with van der Waals surface area (Å²) in [6.07, 6.45) is 3.57. The Morgan fingerprint density at radius 1 is 1.36 bits per heavy atom. The van der Waals surface area contributed by atoms with Gasteiger partial charge in [0.05, 0.1) is 6.04 Å². The molecule has 4 nitrogen and oxygen atoms in total. The molecule has 25 heavy (non-hydrogen) atoms. The molecule has 0 radical (unpaired) electrons. The van der Waals surface area contributed by atoms with E-state index in [1.165, 1.54) is 0 Å². The third-order valence-electron chi connectivity index (χ3n) is 6.13. The Hall–Kier alpha value is -1.62. The van der Waals surface area contributed by atoms with Crippen LogP contribution in [0, 0.1) is 11.8 Å². The quantitative estimate of drug-likeness (QED) is 0.911. The lowest BCUT2D eigenvalue weighted by Crippen LogP contribution is -2.52. The van der Waals surface area contributed by atoms with Gasteiger partial charge in [0, 0.05) is 37.5 Å². The number of nitrogens with zero attached hydrogens (tertiary/aromatic N) is 1. The molecule has 5 heteroatoms. The molecule has 1 saturated carbocycles. The first-order valence-electron chi connectivity index (χ1n) is 9.47. The zero-order valence-electron chi connectivity index (χ0n) is 14.8. The van der Waals surface area contributed by atoms with Crippen LogP contribution in [0.15, 0.2) is 24.3 Å². The number of nitrogens with one attached hydrogen (secondary N) is 1. The minimum atomic E-state index is -0.297. The number of likely N-dealkylation sites (tertiary alicyclic amines) is 1. The van der Waals surface area contributed by atoms with Crippen LogP contribution in [0.25, 0.3) is 0 Å². The van der Waals surface area contributed by atoms with Crippen molar-refractivity contribution in [1.29, 1.82) is 0 Å². The Balaban J connectivity index is 1.51. The third-order valence-corrected chi connectivity index (χ3v) is 6.13. The van der Waals surface area contributed by atoms with Gasteiger partial charge in [0.25, 0.3) is 0 Å². The number of hydrogen-bond acceptors (Lipinski definition) is 3. The number of carbonyl (C=O) groups is 1. The molecule has 0 aromatic heterocycles. The Kier molecular flexibility index (Phi) is 4.44. The molecule has 1 aromatic rings. The SMILES string of the molecule is C[C@@H]1C[C@@H]1C(=O)N[C@@H]1CC2(CCN(CCF)CC2)Oc2ccccc21. The Bertz CT molecular complexity index is 642. The van der Waals surface area contributed by atoms with Gasteiger partial charge in [-0.1, -0.05) is 25.1 Å². The highest BCUT2D eigenvalue weighted by molar-refractivity contribution is 5.82. The van der Waals surface area contributed by atoms with Crippen molar-refractivity contribution in [2.75, 3.05) is 26.3 Å². The molecule has 2 heterocycles. The van der Waals surface area contributed by atoms with Crippen molar-refractivity contribution in [2.24, 2.45) is 11.8 Å². The maximum Gasteiger partial charge on any atom is 0.223 e. The average Bonchev–Trinajstić information content (AvgIpc) is 3.34. The number of fused-ring (bicyclic) bond motifs is 1. The number of halogens is 1. The second-order valence-electron chi connectivity index (χ2n) is 7.94. The van der Waals surface area contributed by atoms with E-state index in [4.69, 9.17) is 4.74 Å². The minimum Gasteiger partial charge on any atom is -0.487 e. The molecule has 2 aliphatic heterocycles. The number of alkyl halides is 1. The summed E-state index contributed by atoms with van der Waals surface area (Å²) in [5.74, 6) is 1.76. The number of piperidine rings is 1. The summed E-state index contributed by atoms with van der Waals surface area (Å²) in [7, 11) is 0. The molecule has 1 spiro atoms. The Morgan fingerprint density at radius 2 is 2.08 bits per heavy atom. The van der Waals surface area contributed by atoms with Crippen molar-refractivity contribution >= 4 is 5.91 Å². The highest BCUT2D eigenvalue weighted by atomic mass is 19.1. The lowest BCUT2D eigenvalue weighted by Gasteiger charge is -2.47. The lowest BCUT2D eigenvalue weighted by molar-refractivity contribution is -0.124. The van der Waals surface area contributed by atoms with Crippen LogP contribution in [-0.2, 0) is 4.79 Å². The fourth-order valence-corrected chi connectivity index (χ4v) is 4.32. The van der Waals surface area contributed by atoms with Gasteiger partial charge < -0.3 is 15.0 Å². The van der Waals surface area contributed by atoms with Crippen LogP contribution in [0.4, 0.5) is 4.39 Å². The number of rotatable bonds is 4. The average molecular weight is 346 g/mol. The van der Waals surface area contributed by atoms with E-state index in [1.54, 1.807) is 0 Å². The summed E-state index contributed by atoms with van der Waals surface area (Å²) in [5, 5.41) is 3.28. The van der Waals surface area contributed by atoms with Gasteiger partial charge >= 0.3 is 0 Å². The van der Waals surface area contributed by atoms with E-state index >= 15 is 0 Å². The van der Waals surface area contributed by atoms with Crippen LogP contribution < -0.4 is 10.1 Å². The normalized spacial score (nSPS) is 30.4. The number of carbonyl (C=O) groups excluding carboxylic acids is 1. The zero-order chi connectivity index (χ0) is 17.4. The summed E-state index contributed by atoms with van der Waals surface area (Å²) < 4.78 is 19.0. The predicted molar refractivity (Wildman–Crippen MR) is 94.2 cm³/mol. The van der Waals surface area contributed by atoms with Crippen molar-refractivity contribution < 1.29 is 13.9 Å². The van der Waals surface area contributed by atoms with Crippen molar-refractivity contribution in [3.8, 4) is 5.75 Å². The number of ether oxygens (including phenoxy) is 1. The molecule has 3 atom stereocenters. The molecule has 136 valence electrons. The van der Waals surface area contributed by atoms with Gasteiger partial charge in [0.1, 0.15) is 18.0 Å². The van der Waals surface area contributed by atoms with Crippen LogP contribution in [0.2, 0.25) is 0 Å². The molecule has 2 fully saturated rings. The number of hydrogen-bond donors (Lipinski definition) is 1. The molecule has 1 amide bonds. The lowest BCUT2D eigenvalue weighted by atomic mass is 9.80. The molecular formula is C20H27FN2O2. The maximum atomic E-state index is 12.6. The molecule has 1 aliphatic carbocycles. The van der Waals surface area contributed by atoms with Crippen molar-refractivity contribution in [1.82, 2.24) is 10.2 Å². The predicted octanol–water partition coefficient (Wildman–Crippen LogP) is 3.09. The van der Waals surface area contributed by atoms with Crippen LogP contribution in [-0.4, -0.2) is 42.7 Å². The van der Waals surface area contributed by atoms with Gasteiger partial charge in [-0.2, -0.15) is 0 Å². The van der Waals surface area contributed by atoms with Gasteiger partial charge in [-0.15, -0.1) is 0 Å². The topological polar surface area (TPSA) is 41.6 Å². The van der Waals surface area contributed by atoms with Gasteiger partial charge in [-0.3, -0.25) is 4.79 Å². The molecule has 4 rings (SSSR count). The van der Waals surface area contributed by atoms with Crippen molar-refractivity contribution in [2.45, 2.75) is 44.2 Å². The first kappa shape index (κ1) is 16.8. The first-order chi connectivity index (χ1) is 12.1. The molecule has 1 saturated heterocycles. The molecule has 0 bridgehead atoms. The van der Waals surface area contributed by atoms with E-state index in [2.05, 4.69) is 23.2 Å². The standard InChI is InChI=1S/C20H27FN2O2/c1-14-12-16(14)19(24)22-17-13-20(6-9-23(10-7-20)11-8-21)25-18-5-3-2-4-15(17)18/h2-5,14,16-17H,6-13H2,1H3,(H,22,24)/t14-,16+,17-/m1/s1. The van der Waals surface area contributed by atoms with Gasteiger partial charge in [-0.25, -0.2) is 4.39 Å². The van der Waals surface area contributed by atoms with E-state index < -0.39 is 0 Å². The fraction of sp³-hybridized carbons (Fsp3) is 0.650. The molecular weight excluding hydrogens is 319 g/mol. The third kappa shape index (κ3) is 3.39. The second-order valence-corrected chi connectivity index (χ2v) is 7.94. The summed E-state index contributed by atoms with van der Waals surface area (Å²) in [6.45, 7) is 4.05. The molecule has 3 aliphatic rings. The van der Waals surface area contributed by atoms with Crippen LogP contribution in [0.5, 0.6) is 5.75 Å². The van der Waals surface area contributed by atoms with E-state index in [1.807, 2.05) is 18.2 Å². The second kappa shape index (κ2) is 6.60. The number of benzene rings is 1. The summed E-state index contributed by atoms with van der Waals surface area (Å²) in [5.41, 5.74) is 0.842. The monoisotopic (exact) mass is 346 g/mol. The van der Waals surface area contributed by atoms with Crippen molar-refractivity contribution in [3.63, 3.8) is 0 Å². The number of amides is 1. The summed E-state index contributed by atoms with van der Waals surface area (Å²) in [6, 6.07) is 8.06. The van der Waals surface area contributed by atoms with E-state index in [0.29, 0.717) is 12.5 Å². The Morgan fingerprint density at radius 3 is 2.76 bits per heavy atom. The minimum absolute atomic E-state index is 0.0120. The Labute approximate surface area is 148 Å². The molecule has 0 unspecified atom stereocenters. The van der Waals surface area contributed by atoms with Gasteiger partial charge in [-0.05, 0) is 31.2 Å². The van der Waals surface area contributed by atoms with Crippen LogP contribution >= 0.6 is 0 Å². The highest BCUT2D eigenvalue weighted by Gasteiger charge is 2.45. The van der Waals surface area contributed by atoms with E-state index in [0.717, 1.165) is 50.1 Å². The molecule has 1 N–H and O–H groups in total. The van der Waals surface area contributed by atoms with Crippen molar-refractivity contribution in [3.05, 3.63) is 29.8 Å². The van der Waals surface area contributed by atoms with E-state index in [-0.39, 0.29) is 30.1 Å². The summed E-state index contributed by atoms with van der Waals surface area (Å²) >= 11 is 0. The zero-order valence-corrected chi connectivity index (χ0v) is 14.8. The highest BCUT2D eigenvalue weighted by Crippen LogP contribution is 2.45. The summed E-state index contributed by atoms with van der Waals surface area (Å²) in [4.78, 5) is 14.7. The first-order valence-corrected chi connectivity index (χ1v) is 9.47. The number of para-hydroxylation sites is 1. The van der Waals surface area contributed by atoms with Crippen LogP contribution in [0.3, 0.4) is 0 Å². The van der Waals surface area contributed by atoms with Gasteiger partial charge in [0.15, 0.2) is 0 Å². The largest absolute Gasteiger partial charge is 0.487 e. The smallest absolute Gasteiger partial charge is 0.223 e. The van der Waals surface area contributed by atoms with E-state index in [9.17, 15) is 9.18 Å².